The molecule has 0 aliphatic heterocycles. The molecule has 1 atom stereocenters. The molecule has 0 amide bonds. The van der Waals surface area contributed by atoms with Crippen molar-refractivity contribution in [2.45, 2.75) is 4.90 Å². The zero-order valence-corrected chi connectivity index (χ0v) is 8.74. The van der Waals surface area contributed by atoms with Crippen LogP contribution in [0.2, 0.25) is 0 Å². The standard InChI is InChI=1S/C8H12N2OS.ClH/c9-6-7-12(10,11)8-4-2-1-3-5-8;/h1-5,10H,6-7,9H2;1H. The summed E-state index contributed by atoms with van der Waals surface area (Å²) in [5, 5.41) is 0. The first-order valence-electron chi connectivity index (χ1n) is 3.68. The lowest BCUT2D eigenvalue weighted by Gasteiger charge is -2.04. The normalized spacial score (nSPS) is 14.2. The van der Waals surface area contributed by atoms with E-state index in [1.165, 1.54) is 0 Å². The Morgan fingerprint density at radius 2 is 1.85 bits per heavy atom. The van der Waals surface area contributed by atoms with Crippen molar-refractivity contribution in [2.24, 2.45) is 5.73 Å². The van der Waals surface area contributed by atoms with Gasteiger partial charge < -0.3 is 5.73 Å². The SMILES string of the molecule is Cl.N=S(=O)(CCN)c1ccccc1. The van der Waals surface area contributed by atoms with Gasteiger partial charge in [0.1, 0.15) is 0 Å². The first-order chi connectivity index (χ1) is 5.67. The number of nitrogens with one attached hydrogen (secondary N) is 1. The van der Waals surface area contributed by atoms with Gasteiger partial charge in [0.25, 0.3) is 0 Å². The Hall–Kier alpha value is -0.580. The molecule has 0 radical (unpaired) electrons. The van der Waals surface area contributed by atoms with Crippen LogP contribution in [0.5, 0.6) is 0 Å². The Kier molecular flexibility index (Phi) is 4.98. The van der Waals surface area contributed by atoms with Gasteiger partial charge in [-0.05, 0) is 12.1 Å². The van der Waals surface area contributed by atoms with Gasteiger partial charge in [0, 0.05) is 17.2 Å². The minimum Gasteiger partial charge on any atom is -0.330 e. The van der Waals surface area contributed by atoms with E-state index in [1.54, 1.807) is 24.3 Å². The van der Waals surface area contributed by atoms with Crippen LogP contribution < -0.4 is 5.73 Å². The summed E-state index contributed by atoms with van der Waals surface area (Å²) in [6.45, 7) is 0.289. The number of hydrogen-bond donors (Lipinski definition) is 2. The van der Waals surface area contributed by atoms with Crippen molar-refractivity contribution in [1.29, 1.82) is 4.78 Å². The minimum absolute atomic E-state index is 0. The van der Waals surface area contributed by atoms with Crippen LogP contribution in [-0.2, 0) is 9.73 Å². The molecule has 0 bridgehead atoms. The molecule has 3 N–H and O–H groups in total. The van der Waals surface area contributed by atoms with Crippen LogP contribution in [-0.4, -0.2) is 16.5 Å². The zero-order chi connectivity index (χ0) is 9.03. The van der Waals surface area contributed by atoms with Crippen LogP contribution in [0.15, 0.2) is 35.2 Å². The lowest BCUT2D eigenvalue weighted by Crippen LogP contribution is -2.14. The molecule has 3 nitrogen and oxygen atoms in total. The Balaban J connectivity index is 0.00000144. The predicted molar refractivity (Wildman–Crippen MR) is 56.7 cm³/mol. The molecule has 0 fully saturated rings. The highest BCUT2D eigenvalue weighted by molar-refractivity contribution is 7.92. The van der Waals surface area contributed by atoms with Crippen molar-refractivity contribution in [3.05, 3.63) is 30.3 Å². The summed E-state index contributed by atoms with van der Waals surface area (Å²) in [5.74, 6) is 0.233. The summed E-state index contributed by atoms with van der Waals surface area (Å²) >= 11 is 0. The lowest BCUT2D eigenvalue weighted by atomic mass is 10.4. The molecule has 0 aliphatic carbocycles. The average molecular weight is 221 g/mol. The van der Waals surface area contributed by atoms with E-state index in [0.29, 0.717) is 4.90 Å². The molecule has 0 saturated heterocycles. The molecule has 0 spiro atoms. The second-order valence-electron chi connectivity index (χ2n) is 2.48. The van der Waals surface area contributed by atoms with Crippen LogP contribution in [0.25, 0.3) is 0 Å². The van der Waals surface area contributed by atoms with Gasteiger partial charge >= 0.3 is 0 Å². The van der Waals surface area contributed by atoms with Crippen LogP contribution in [0.4, 0.5) is 0 Å². The second-order valence-corrected chi connectivity index (χ2v) is 4.71. The van der Waals surface area contributed by atoms with E-state index in [0.717, 1.165) is 0 Å². The highest BCUT2D eigenvalue weighted by atomic mass is 35.5. The third-order valence-electron chi connectivity index (χ3n) is 1.53. The summed E-state index contributed by atoms with van der Waals surface area (Å²) in [7, 11) is -2.64. The van der Waals surface area contributed by atoms with Crippen LogP contribution in [0.3, 0.4) is 0 Å². The lowest BCUT2D eigenvalue weighted by molar-refractivity contribution is 0.674. The van der Waals surface area contributed by atoms with E-state index in [9.17, 15) is 4.21 Å². The number of halogens is 1. The molecule has 0 heterocycles. The third-order valence-corrected chi connectivity index (χ3v) is 3.37. The highest BCUT2D eigenvalue weighted by Crippen LogP contribution is 2.09. The average Bonchev–Trinajstić information content (AvgIpc) is 2.06. The maximum Gasteiger partial charge on any atom is 0.0738 e. The van der Waals surface area contributed by atoms with Gasteiger partial charge in [-0.25, -0.2) is 8.99 Å². The Labute approximate surface area is 84.7 Å². The van der Waals surface area contributed by atoms with Gasteiger partial charge in [-0.1, -0.05) is 18.2 Å². The van der Waals surface area contributed by atoms with Crippen molar-refractivity contribution in [1.82, 2.24) is 0 Å². The van der Waals surface area contributed by atoms with Crippen LogP contribution >= 0.6 is 12.4 Å². The van der Waals surface area contributed by atoms with E-state index in [2.05, 4.69) is 0 Å². The third kappa shape index (κ3) is 3.34. The molecule has 0 saturated carbocycles. The largest absolute Gasteiger partial charge is 0.330 e. The quantitative estimate of drug-likeness (QED) is 0.810. The fourth-order valence-corrected chi connectivity index (χ4v) is 2.09. The van der Waals surface area contributed by atoms with E-state index in [-0.39, 0.29) is 24.7 Å². The maximum atomic E-state index is 11.6. The first-order valence-corrected chi connectivity index (χ1v) is 5.41. The molecule has 74 valence electrons. The molecule has 5 heteroatoms. The minimum atomic E-state index is -2.64. The molecule has 0 aromatic heterocycles. The molecule has 1 unspecified atom stereocenters. The fraction of sp³-hybridized carbons (Fsp3) is 0.250. The molecular formula is C8H13ClN2OS. The topological polar surface area (TPSA) is 66.9 Å². The Morgan fingerprint density at radius 3 is 2.31 bits per heavy atom. The smallest absolute Gasteiger partial charge is 0.0738 e. The van der Waals surface area contributed by atoms with Crippen molar-refractivity contribution in [3.8, 4) is 0 Å². The van der Waals surface area contributed by atoms with Gasteiger partial charge in [-0.2, -0.15) is 0 Å². The number of benzene rings is 1. The van der Waals surface area contributed by atoms with E-state index < -0.39 is 9.73 Å². The molecule has 13 heavy (non-hydrogen) atoms. The molecule has 0 aliphatic rings. The monoisotopic (exact) mass is 220 g/mol. The fourth-order valence-electron chi connectivity index (χ4n) is 0.924. The molecule has 1 rings (SSSR count). The Bertz CT molecular complexity index is 336. The van der Waals surface area contributed by atoms with Crippen molar-refractivity contribution < 1.29 is 4.21 Å². The zero-order valence-electron chi connectivity index (χ0n) is 7.10. The molecule has 1 aromatic carbocycles. The van der Waals surface area contributed by atoms with E-state index in [1.807, 2.05) is 6.07 Å². The predicted octanol–water partition coefficient (Wildman–Crippen LogP) is 1.47. The van der Waals surface area contributed by atoms with Gasteiger partial charge in [-0.3, -0.25) is 0 Å². The highest BCUT2D eigenvalue weighted by Gasteiger charge is 2.06. The second kappa shape index (κ2) is 5.21. The van der Waals surface area contributed by atoms with Gasteiger partial charge in [0.05, 0.1) is 9.73 Å². The van der Waals surface area contributed by atoms with E-state index in [4.69, 9.17) is 10.5 Å². The summed E-state index contributed by atoms with van der Waals surface area (Å²) in [5.41, 5.74) is 5.25. The molecular weight excluding hydrogens is 208 g/mol. The van der Waals surface area contributed by atoms with Crippen molar-refractivity contribution in [3.63, 3.8) is 0 Å². The number of hydrogen-bond acceptors (Lipinski definition) is 3. The molecule has 1 aromatic rings. The van der Waals surface area contributed by atoms with Crippen molar-refractivity contribution in [2.75, 3.05) is 12.3 Å². The van der Waals surface area contributed by atoms with Gasteiger partial charge in [0.15, 0.2) is 0 Å². The van der Waals surface area contributed by atoms with Crippen LogP contribution in [0.1, 0.15) is 0 Å². The summed E-state index contributed by atoms with van der Waals surface area (Å²) < 4.78 is 19.1. The summed E-state index contributed by atoms with van der Waals surface area (Å²) in [6, 6.07) is 8.79. The van der Waals surface area contributed by atoms with Gasteiger partial charge in [0.2, 0.25) is 0 Å². The Morgan fingerprint density at radius 1 is 1.31 bits per heavy atom. The maximum absolute atomic E-state index is 11.6. The summed E-state index contributed by atoms with van der Waals surface area (Å²) in [4.78, 5) is 0.565. The van der Waals surface area contributed by atoms with Crippen molar-refractivity contribution >= 4 is 22.1 Å². The van der Waals surface area contributed by atoms with Gasteiger partial charge in [-0.15, -0.1) is 12.4 Å². The number of rotatable bonds is 3. The van der Waals surface area contributed by atoms with Crippen LogP contribution in [0, 0.1) is 4.78 Å². The van der Waals surface area contributed by atoms with E-state index >= 15 is 0 Å². The summed E-state index contributed by atoms with van der Waals surface area (Å²) in [6.07, 6.45) is 0. The first kappa shape index (κ1) is 12.4. The number of nitrogens with two attached hydrogens (primary N) is 1.